The molecule has 0 saturated carbocycles. The van der Waals surface area contributed by atoms with Gasteiger partial charge in [0.2, 0.25) is 5.89 Å². The molecular formula is C16H12N4O2. The molecule has 0 fully saturated rings. The molecule has 2 heterocycles. The molecule has 6 heteroatoms. The fourth-order valence-electron chi connectivity index (χ4n) is 2.34. The van der Waals surface area contributed by atoms with Gasteiger partial charge < -0.3 is 9.52 Å². The van der Waals surface area contributed by atoms with E-state index in [1.807, 2.05) is 25.1 Å². The van der Waals surface area contributed by atoms with Gasteiger partial charge in [-0.3, -0.25) is 4.57 Å². The van der Waals surface area contributed by atoms with E-state index in [1.54, 1.807) is 35.4 Å². The van der Waals surface area contributed by atoms with E-state index in [2.05, 4.69) is 15.2 Å². The Bertz CT molecular complexity index is 958. The van der Waals surface area contributed by atoms with E-state index in [-0.39, 0.29) is 5.75 Å². The van der Waals surface area contributed by atoms with E-state index >= 15 is 0 Å². The smallest absolute Gasteiger partial charge is 0.231 e. The molecule has 0 aliphatic heterocycles. The molecule has 4 rings (SSSR count). The molecule has 0 unspecified atom stereocenters. The standard InChI is InChI=1S/C16H12N4O2/c1-10-2-5-15-13(6-10)19-16(22-15)12-7-11(3-4-14(12)21)20-8-17-18-9-20/h2-9,21H,1H3. The predicted molar refractivity (Wildman–Crippen MR) is 80.8 cm³/mol. The van der Waals surface area contributed by atoms with Crippen LogP contribution < -0.4 is 0 Å². The number of phenolic OH excluding ortho intramolecular Hbond substituents is 1. The van der Waals surface area contributed by atoms with E-state index in [1.165, 1.54) is 0 Å². The predicted octanol–water partition coefficient (Wildman–Crippen LogP) is 3.09. The van der Waals surface area contributed by atoms with Gasteiger partial charge >= 0.3 is 0 Å². The van der Waals surface area contributed by atoms with Gasteiger partial charge in [0.1, 0.15) is 23.9 Å². The number of phenols is 1. The molecule has 2 aromatic carbocycles. The maximum atomic E-state index is 10.1. The van der Waals surface area contributed by atoms with Gasteiger partial charge in [-0.1, -0.05) is 6.07 Å². The second-order valence-electron chi connectivity index (χ2n) is 5.06. The van der Waals surface area contributed by atoms with Crippen LogP contribution in [0.2, 0.25) is 0 Å². The first kappa shape index (κ1) is 12.6. The van der Waals surface area contributed by atoms with E-state index in [0.717, 1.165) is 16.8 Å². The maximum Gasteiger partial charge on any atom is 0.231 e. The van der Waals surface area contributed by atoms with Crippen LogP contribution >= 0.6 is 0 Å². The van der Waals surface area contributed by atoms with Crippen molar-refractivity contribution in [1.82, 2.24) is 19.7 Å². The molecule has 0 atom stereocenters. The van der Waals surface area contributed by atoms with Crippen molar-refractivity contribution >= 4 is 11.1 Å². The van der Waals surface area contributed by atoms with E-state index < -0.39 is 0 Å². The number of aryl methyl sites for hydroxylation is 1. The van der Waals surface area contributed by atoms with Crippen molar-refractivity contribution in [3.63, 3.8) is 0 Å². The zero-order chi connectivity index (χ0) is 15.1. The lowest BCUT2D eigenvalue weighted by molar-refractivity contribution is 0.474. The molecule has 0 aliphatic carbocycles. The van der Waals surface area contributed by atoms with Crippen molar-refractivity contribution in [1.29, 1.82) is 0 Å². The minimum absolute atomic E-state index is 0.111. The highest BCUT2D eigenvalue weighted by molar-refractivity contribution is 5.78. The zero-order valence-electron chi connectivity index (χ0n) is 11.8. The van der Waals surface area contributed by atoms with E-state index in [9.17, 15) is 5.11 Å². The summed E-state index contributed by atoms with van der Waals surface area (Å²) in [5, 5.41) is 17.7. The molecule has 2 aromatic heterocycles. The second kappa shape index (κ2) is 4.70. The second-order valence-corrected chi connectivity index (χ2v) is 5.06. The van der Waals surface area contributed by atoms with Crippen LogP contribution in [0.15, 0.2) is 53.5 Å². The van der Waals surface area contributed by atoms with Crippen LogP contribution in [0.25, 0.3) is 28.2 Å². The van der Waals surface area contributed by atoms with Crippen molar-refractivity contribution in [3.8, 4) is 22.9 Å². The quantitative estimate of drug-likeness (QED) is 0.614. The zero-order valence-corrected chi connectivity index (χ0v) is 11.8. The van der Waals surface area contributed by atoms with E-state index in [0.29, 0.717) is 17.0 Å². The SMILES string of the molecule is Cc1ccc2oc(-c3cc(-n4cnnc4)ccc3O)nc2c1. The summed E-state index contributed by atoms with van der Waals surface area (Å²) in [4.78, 5) is 4.46. The van der Waals surface area contributed by atoms with Crippen LogP contribution in [0.1, 0.15) is 5.56 Å². The Morgan fingerprint density at radius 2 is 1.86 bits per heavy atom. The highest BCUT2D eigenvalue weighted by atomic mass is 16.3. The Balaban J connectivity index is 1.88. The number of hydrogen-bond acceptors (Lipinski definition) is 5. The molecule has 0 spiro atoms. The largest absolute Gasteiger partial charge is 0.507 e. The van der Waals surface area contributed by atoms with E-state index in [4.69, 9.17) is 4.42 Å². The van der Waals surface area contributed by atoms with Gasteiger partial charge in [-0.05, 0) is 42.8 Å². The first-order valence-electron chi connectivity index (χ1n) is 6.76. The molecule has 22 heavy (non-hydrogen) atoms. The summed E-state index contributed by atoms with van der Waals surface area (Å²) in [5.74, 6) is 0.494. The topological polar surface area (TPSA) is 77.0 Å². The monoisotopic (exact) mass is 292 g/mol. The number of fused-ring (bicyclic) bond motifs is 1. The molecule has 0 saturated heterocycles. The fourth-order valence-corrected chi connectivity index (χ4v) is 2.34. The number of aromatic nitrogens is 4. The molecule has 0 aliphatic rings. The summed E-state index contributed by atoms with van der Waals surface area (Å²) >= 11 is 0. The Hall–Kier alpha value is -3.15. The Morgan fingerprint density at radius 1 is 1.05 bits per heavy atom. The summed E-state index contributed by atoms with van der Waals surface area (Å²) in [6.45, 7) is 2.00. The maximum absolute atomic E-state index is 10.1. The Kier molecular flexibility index (Phi) is 2.69. The van der Waals surface area contributed by atoms with Crippen molar-refractivity contribution in [2.75, 3.05) is 0 Å². The first-order chi connectivity index (χ1) is 10.7. The van der Waals surface area contributed by atoms with Crippen LogP contribution in [-0.2, 0) is 0 Å². The summed E-state index contributed by atoms with van der Waals surface area (Å²) in [7, 11) is 0. The van der Waals surface area contributed by atoms with Crippen LogP contribution in [0.3, 0.4) is 0 Å². The minimum Gasteiger partial charge on any atom is -0.507 e. The van der Waals surface area contributed by atoms with Crippen molar-refractivity contribution in [2.24, 2.45) is 0 Å². The summed E-state index contributed by atoms with van der Waals surface area (Å²) < 4.78 is 7.50. The van der Waals surface area contributed by atoms with Crippen LogP contribution in [0.5, 0.6) is 5.75 Å². The molecule has 6 nitrogen and oxygen atoms in total. The third kappa shape index (κ3) is 2.01. The normalized spacial score (nSPS) is 11.1. The average Bonchev–Trinajstić information content (AvgIpc) is 3.16. The number of nitrogens with zero attached hydrogens (tertiary/aromatic N) is 4. The van der Waals surface area contributed by atoms with Gasteiger partial charge in [0, 0.05) is 5.69 Å². The van der Waals surface area contributed by atoms with Crippen molar-refractivity contribution in [3.05, 3.63) is 54.6 Å². The summed E-state index contributed by atoms with van der Waals surface area (Å²) in [6, 6.07) is 11.0. The lowest BCUT2D eigenvalue weighted by Crippen LogP contribution is -1.91. The highest BCUT2D eigenvalue weighted by Crippen LogP contribution is 2.32. The number of hydrogen-bond donors (Lipinski definition) is 1. The Labute approximate surface area is 125 Å². The number of rotatable bonds is 2. The molecule has 108 valence electrons. The number of benzene rings is 2. The lowest BCUT2D eigenvalue weighted by Gasteiger charge is -2.05. The first-order valence-corrected chi connectivity index (χ1v) is 6.76. The van der Waals surface area contributed by atoms with Gasteiger partial charge in [-0.25, -0.2) is 4.98 Å². The highest BCUT2D eigenvalue weighted by Gasteiger charge is 2.13. The average molecular weight is 292 g/mol. The third-order valence-corrected chi connectivity index (χ3v) is 3.47. The van der Waals surface area contributed by atoms with Crippen LogP contribution in [0.4, 0.5) is 0 Å². The summed E-state index contributed by atoms with van der Waals surface area (Å²) in [6.07, 6.45) is 3.18. The molecule has 0 bridgehead atoms. The fraction of sp³-hybridized carbons (Fsp3) is 0.0625. The Morgan fingerprint density at radius 3 is 2.68 bits per heavy atom. The number of aromatic hydroxyl groups is 1. The molecule has 1 N–H and O–H groups in total. The van der Waals surface area contributed by atoms with Crippen LogP contribution in [-0.4, -0.2) is 24.9 Å². The molecule has 0 radical (unpaired) electrons. The third-order valence-electron chi connectivity index (χ3n) is 3.47. The van der Waals surface area contributed by atoms with Gasteiger partial charge in [0.25, 0.3) is 0 Å². The van der Waals surface area contributed by atoms with Gasteiger partial charge in [-0.15, -0.1) is 10.2 Å². The molecule has 0 amide bonds. The van der Waals surface area contributed by atoms with Gasteiger partial charge in [-0.2, -0.15) is 0 Å². The molecular weight excluding hydrogens is 280 g/mol. The minimum atomic E-state index is 0.111. The lowest BCUT2D eigenvalue weighted by atomic mass is 10.1. The van der Waals surface area contributed by atoms with Gasteiger partial charge in [0.15, 0.2) is 5.58 Å². The van der Waals surface area contributed by atoms with Crippen LogP contribution in [0, 0.1) is 6.92 Å². The van der Waals surface area contributed by atoms with Crippen molar-refractivity contribution < 1.29 is 9.52 Å². The van der Waals surface area contributed by atoms with Crippen molar-refractivity contribution in [2.45, 2.75) is 6.92 Å². The summed E-state index contributed by atoms with van der Waals surface area (Å²) in [5.41, 5.74) is 3.91. The number of oxazole rings is 1. The van der Waals surface area contributed by atoms with Gasteiger partial charge in [0.05, 0.1) is 5.56 Å². The molecule has 4 aromatic rings.